The molecule has 0 spiro atoms. The molecular formula is C23H30ClN5O2. The number of phenols is 1. The van der Waals surface area contributed by atoms with E-state index in [0.29, 0.717) is 24.7 Å². The molecule has 2 aromatic rings. The van der Waals surface area contributed by atoms with Gasteiger partial charge in [-0.05, 0) is 56.2 Å². The lowest BCUT2D eigenvalue weighted by Crippen LogP contribution is -2.44. The molecule has 0 aromatic heterocycles. The zero-order valence-electron chi connectivity index (χ0n) is 17.8. The Hall–Kier alpha value is -2.93. The number of amides is 1. The van der Waals surface area contributed by atoms with Gasteiger partial charge in [-0.15, -0.1) is 0 Å². The second-order valence-corrected chi connectivity index (χ2v) is 7.91. The minimum Gasteiger partial charge on any atom is -0.508 e. The fourth-order valence-corrected chi connectivity index (χ4v) is 3.70. The predicted molar refractivity (Wildman–Crippen MR) is 126 cm³/mol. The third-order valence-corrected chi connectivity index (χ3v) is 5.28. The number of anilines is 1. The maximum absolute atomic E-state index is 12.1. The van der Waals surface area contributed by atoms with E-state index in [9.17, 15) is 9.90 Å². The van der Waals surface area contributed by atoms with Crippen LogP contribution >= 0.6 is 11.6 Å². The average molecular weight is 444 g/mol. The number of carbonyl (C=O) groups excluding carboxylic acids is 1. The molecule has 1 heterocycles. The topological polar surface area (TPSA) is 89.0 Å². The van der Waals surface area contributed by atoms with E-state index < -0.39 is 0 Å². The number of hydrogen-bond acceptors (Lipinski definition) is 4. The van der Waals surface area contributed by atoms with Crippen LogP contribution in [0, 0.1) is 0 Å². The molecule has 1 atom stereocenters. The van der Waals surface area contributed by atoms with Crippen LogP contribution in [0.1, 0.15) is 30.1 Å². The van der Waals surface area contributed by atoms with Gasteiger partial charge in [-0.2, -0.15) is 0 Å². The van der Waals surface area contributed by atoms with Gasteiger partial charge in [0.1, 0.15) is 5.75 Å². The number of guanidine groups is 1. The van der Waals surface area contributed by atoms with Crippen LogP contribution in [0.5, 0.6) is 5.75 Å². The van der Waals surface area contributed by atoms with Gasteiger partial charge in [0.25, 0.3) is 5.91 Å². The van der Waals surface area contributed by atoms with Crippen molar-refractivity contribution in [3.05, 3.63) is 59.1 Å². The Morgan fingerprint density at radius 3 is 2.84 bits per heavy atom. The number of halogens is 1. The van der Waals surface area contributed by atoms with Gasteiger partial charge in [0.15, 0.2) is 5.96 Å². The smallest absolute Gasteiger partial charge is 0.251 e. The number of phenolic OH excluding ortho intramolecular Hbond substituents is 1. The molecule has 1 unspecified atom stereocenters. The van der Waals surface area contributed by atoms with Gasteiger partial charge < -0.3 is 26.0 Å². The summed E-state index contributed by atoms with van der Waals surface area (Å²) in [6, 6.07) is 14.6. The van der Waals surface area contributed by atoms with Crippen LogP contribution in [0.2, 0.25) is 5.02 Å². The van der Waals surface area contributed by atoms with E-state index in [1.807, 2.05) is 25.1 Å². The third-order valence-electron chi connectivity index (χ3n) is 5.05. The first kappa shape index (κ1) is 22.7. The van der Waals surface area contributed by atoms with E-state index in [0.717, 1.165) is 49.1 Å². The molecule has 1 aliphatic rings. The van der Waals surface area contributed by atoms with E-state index in [1.54, 1.807) is 18.2 Å². The predicted octanol–water partition coefficient (Wildman–Crippen LogP) is 3.00. The summed E-state index contributed by atoms with van der Waals surface area (Å²) in [5, 5.41) is 19.9. The molecule has 166 valence electrons. The van der Waals surface area contributed by atoms with Crippen molar-refractivity contribution in [3.8, 4) is 5.75 Å². The van der Waals surface area contributed by atoms with Crippen molar-refractivity contribution in [2.75, 3.05) is 37.6 Å². The van der Waals surface area contributed by atoms with Crippen molar-refractivity contribution in [1.29, 1.82) is 0 Å². The molecule has 1 saturated heterocycles. The molecule has 3 rings (SSSR count). The minimum absolute atomic E-state index is 0.0828. The molecule has 1 aliphatic heterocycles. The number of hydrogen-bond donors (Lipinski definition) is 4. The van der Waals surface area contributed by atoms with Gasteiger partial charge in [0.05, 0.1) is 0 Å². The van der Waals surface area contributed by atoms with Crippen LogP contribution in [0.25, 0.3) is 0 Å². The molecule has 4 N–H and O–H groups in total. The van der Waals surface area contributed by atoms with Crippen LogP contribution < -0.4 is 20.9 Å². The van der Waals surface area contributed by atoms with Crippen LogP contribution in [-0.4, -0.2) is 55.7 Å². The zero-order chi connectivity index (χ0) is 22.1. The number of aliphatic imine (C=N–C) groups is 1. The van der Waals surface area contributed by atoms with E-state index in [2.05, 4.69) is 31.9 Å². The van der Waals surface area contributed by atoms with E-state index >= 15 is 0 Å². The number of aromatic hydroxyl groups is 1. The van der Waals surface area contributed by atoms with Crippen molar-refractivity contribution >= 4 is 29.2 Å². The highest BCUT2D eigenvalue weighted by atomic mass is 35.5. The lowest BCUT2D eigenvalue weighted by atomic mass is 10.2. The molecule has 7 nitrogen and oxygen atoms in total. The first-order valence-corrected chi connectivity index (χ1v) is 11.1. The standard InChI is InChI=1S/C23H30ClN5O2/c1-2-25-23(27-12-5-11-26-22(31)17-6-3-9-21(30)14-17)28-19-10-13-29(16-19)20-8-4-7-18(24)15-20/h3-4,6-9,14-15,19,30H,2,5,10-13,16H2,1H3,(H,26,31)(H2,25,27,28). The van der Waals surface area contributed by atoms with Gasteiger partial charge in [-0.25, -0.2) is 0 Å². The first-order valence-electron chi connectivity index (χ1n) is 10.7. The van der Waals surface area contributed by atoms with Gasteiger partial charge in [-0.1, -0.05) is 23.7 Å². The van der Waals surface area contributed by atoms with Gasteiger partial charge >= 0.3 is 0 Å². The summed E-state index contributed by atoms with van der Waals surface area (Å²) in [4.78, 5) is 19.1. The number of nitrogens with one attached hydrogen (secondary N) is 3. The Bertz CT molecular complexity index is 905. The second-order valence-electron chi connectivity index (χ2n) is 7.48. The first-order chi connectivity index (χ1) is 15.0. The lowest BCUT2D eigenvalue weighted by molar-refractivity contribution is 0.0953. The van der Waals surface area contributed by atoms with Crippen LogP contribution in [-0.2, 0) is 0 Å². The summed E-state index contributed by atoms with van der Waals surface area (Å²) < 4.78 is 0. The molecule has 8 heteroatoms. The summed E-state index contributed by atoms with van der Waals surface area (Å²) in [5.74, 6) is 0.677. The van der Waals surface area contributed by atoms with E-state index in [4.69, 9.17) is 11.6 Å². The highest BCUT2D eigenvalue weighted by Crippen LogP contribution is 2.23. The van der Waals surface area contributed by atoms with Crippen molar-refractivity contribution in [3.63, 3.8) is 0 Å². The summed E-state index contributed by atoms with van der Waals surface area (Å²) >= 11 is 6.12. The number of benzene rings is 2. The summed E-state index contributed by atoms with van der Waals surface area (Å²) in [6.07, 6.45) is 1.75. The SMILES string of the molecule is CCNC(=NCCCNC(=O)c1cccc(O)c1)NC1CCN(c2cccc(Cl)c2)C1. The molecule has 2 aromatic carbocycles. The molecule has 0 saturated carbocycles. The fraction of sp³-hybridized carbons (Fsp3) is 0.391. The van der Waals surface area contributed by atoms with Crippen molar-refractivity contribution < 1.29 is 9.90 Å². The summed E-state index contributed by atoms with van der Waals surface area (Å²) in [6.45, 7) is 5.80. The molecule has 1 fully saturated rings. The minimum atomic E-state index is -0.197. The summed E-state index contributed by atoms with van der Waals surface area (Å²) in [7, 11) is 0. The molecule has 31 heavy (non-hydrogen) atoms. The Morgan fingerprint density at radius 1 is 1.23 bits per heavy atom. The van der Waals surface area contributed by atoms with Gasteiger partial charge in [0.2, 0.25) is 0 Å². The van der Waals surface area contributed by atoms with E-state index in [1.165, 1.54) is 6.07 Å². The molecule has 0 radical (unpaired) electrons. The Morgan fingerprint density at radius 2 is 2.06 bits per heavy atom. The van der Waals surface area contributed by atoms with Gasteiger partial charge in [-0.3, -0.25) is 9.79 Å². The molecule has 1 amide bonds. The second kappa shape index (κ2) is 11.5. The monoisotopic (exact) mass is 443 g/mol. The fourth-order valence-electron chi connectivity index (χ4n) is 3.52. The van der Waals surface area contributed by atoms with Gasteiger partial charge in [0, 0.05) is 55.0 Å². The highest BCUT2D eigenvalue weighted by molar-refractivity contribution is 6.30. The van der Waals surface area contributed by atoms with Crippen LogP contribution in [0.3, 0.4) is 0 Å². The van der Waals surface area contributed by atoms with Crippen LogP contribution in [0.4, 0.5) is 5.69 Å². The number of carbonyl (C=O) groups is 1. The summed E-state index contributed by atoms with van der Waals surface area (Å²) in [5.41, 5.74) is 1.59. The number of nitrogens with zero attached hydrogens (tertiary/aromatic N) is 2. The maximum Gasteiger partial charge on any atom is 0.251 e. The zero-order valence-corrected chi connectivity index (χ0v) is 18.5. The van der Waals surface area contributed by atoms with Crippen molar-refractivity contribution in [1.82, 2.24) is 16.0 Å². The molecular weight excluding hydrogens is 414 g/mol. The maximum atomic E-state index is 12.1. The molecule has 0 bridgehead atoms. The average Bonchev–Trinajstić information content (AvgIpc) is 3.22. The quantitative estimate of drug-likeness (QED) is 0.286. The van der Waals surface area contributed by atoms with E-state index in [-0.39, 0.29) is 11.7 Å². The highest BCUT2D eigenvalue weighted by Gasteiger charge is 2.23. The number of rotatable bonds is 8. The Balaban J connectivity index is 1.43. The molecule has 0 aliphatic carbocycles. The largest absolute Gasteiger partial charge is 0.508 e. The Kier molecular flexibility index (Phi) is 8.41. The third kappa shape index (κ3) is 7.07. The van der Waals surface area contributed by atoms with Crippen molar-refractivity contribution in [2.24, 2.45) is 4.99 Å². The lowest BCUT2D eigenvalue weighted by Gasteiger charge is -2.20. The van der Waals surface area contributed by atoms with Crippen LogP contribution in [0.15, 0.2) is 53.5 Å². The van der Waals surface area contributed by atoms with Crippen molar-refractivity contribution in [2.45, 2.75) is 25.8 Å². The normalized spacial score (nSPS) is 16.3. The Labute approximate surface area is 188 Å².